The first kappa shape index (κ1) is 25.1. The highest BCUT2D eigenvalue weighted by Crippen LogP contribution is 2.23. The van der Waals surface area contributed by atoms with Crippen LogP contribution in [-0.4, -0.2) is 73.8 Å². The topological polar surface area (TPSA) is 94.1 Å². The number of carbonyl (C=O) groups excluding carboxylic acids is 3. The fourth-order valence-electron chi connectivity index (χ4n) is 4.08. The van der Waals surface area contributed by atoms with E-state index in [4.69, 9.17) is 0 Å². The van der Waals surface area contributed by atoms with Crippen molar-refractivity contribution in [3.63, 3.8) is 0 Å². The van der Waals surface area contributed by atoms with Crippen LogP contribution in [-0.2, 0) is 4.79 Å². The van der Waals surface area contributed by atoms with Crippen molar-refractivity contribution in [3.05, 3.63) is 35.4 Å². The second kappa shape index (κ2) is 12.0. The number of unbranched alkanes of at least 4 members (excludes halogenated alkanes) is 1. The number of halogens is 1. The third-order valence-electron chi connectivity index (χ3n) is 5.85. The summed E-state index contributed by atoms with van der Waals surface area (Å²) in [6, 6.07) is 6.98. The third-order valence-corrected chi connectivity index (χ3v) is 5.85. The zero-order valence-electron chi connectivity index (χ0n) is 18.2. The van der Waals surface area contributed by atoms with Crippen LogP contribution in [0.3, 0.4) is 0 Å². The number of rotatable bonds is 7. The molecule has 1 aromatic carbocycles. The Morgan fingerprint density at radius 1 is 1.10 bits per heavy atom. The molecule has 1 saturated heterocycles. The molecule has 31 heavy (non-hydrogen) atoms. The molecule has 1 fully saturated rings. The molecule has 8 nitrogen and oxygen atoms in total. The first-order valence-corrected chi connectivity index (χ1v) is 10.7. The van der Waals surface area contributed by atoms with Crippen molar-refractivity contribution in [2.75, 3.05) is 40.3 Å². The summed E-state index contributed by atoms with van der Waals surface area (Å²) in [7, 11) is 3.45. The second-order valence-corrected chi connectivity index (χ2v) is 7.80. The lowest BCUT2D eigenvalue weighted by molar-refractivity contribution is -0.121. The minimum atomic E-state index is -0.195. The quantitative estimate of drug-likeness (QED) is 0.181. The fourth-order valence-corrected chi connectivity index (χ4v) is 4.08. The number of nitrogens with one attached hydrogen (secondary N) is 2. The van der Waals surface area contributed by atoms with Crippen LogP contribution in [0.1, 0.15) is 52.8 Å². The summed E-state index contributed by atoms with van der Waals surface area (Å²) < 4.78 is 0. The number of guanidine groups is 1. The molecule has 0 aromatic heterocycles. The first-order chi connectivity index (χ1) is 14.5. The third kappa shape index (κ3) is 6.18. The summed E-state index contributed by atoms with van der Waals surface area (Å²) in [6.07, 6.45) is 4.12. The molecule has 3 rings (SSSR count). The van der Waals surface area contributed by atoms with Gasteiger partial charge in [-0.1, -0.05) is 12.1 Å². The number of aliphatic imine (C=N–C) groups is 1. The molecule has 0 aliphatic carbocycles. The molecular formula is C22H32IN5O3. The van der Waals surface area contributed by atoms with E-state index >= 15 is 0 Å². The summed E-state index contributed by atoms with van der Waals surface area (Å²) in [5.74, 6) is 1.01. The van der Waals surface area contributed by atoms with E-state index < -0.39 is 0 Å². The monoisotopic (exact) mass is 541 g/mol. The molecular weight excluding hydrogens is 509 g/mol. The molecule has 0 saturated carbocycles. The minimum Gasteiger partial charge on any atom is -0.359 e. The van der Waals surface area contributed by atoms with Crippen LogP contribution in [0.2, 0.25) is 0 Å². The molecule has 2 aliphatic heterocycles. The van der Waals surface area contributed by atoms with Crippen molar-refractivity contribution >= 4 is 47.7 Å². The number of piperidine rings is 1. The highest BCUT2D eigenvalue weighted by atomic mass is 127. The molecule has 0 atom stereocenters. The number of benzene rings is 1. The highest BCUT2D eigenvalue weighted by molar-refractivity contribution is 14.0. The van der Waals surface area contributed by atoms with Gasteiger partial charge in [0.05, 0.1) is 11.1 Å². The van der Waals surface area contributed by atoms with E-state index in [-0.39, 0.29) is 41.7 Å². The predicted molar refractivity (Wildman–Crippen MR) is 131 cm³/mol. The van der Waals surface area contributed by atoms with Gasteiger partial charge in [0.2, 0.25) is 5.91 Å². The average molecular weight is 541 g/mol. The maximum absolute atomic E-state index is 12.4. The van der Waals surface area contributed by atoms with E-state index in [1.807, 2.05) is 0 Å². The zero-order chi connectivity index (χ0) is 21.5. The Morgan fingerprint density at radius 3 is 2.26 bits per heavy atom. The molecule has 0 spiro atoms. The van der Waals surface area contributed by atoms with Crippen molar-refractivity contribution < 1.29 is 14.4 Å². The van der Waals surface area contributed by atoms with Gasteiger partial charge in [-0.2, -0.15) is 0 Å². The summed E-state index contributed by atoms with van der Waals surface area (Å²) in [5.41, 5.74) is 1.00. The Labute approximate surface area is 200 Å². The van der Waals surface area contributed by atoms with Gasteiger partial charge < -0.3 is 15.5 Å². The van der Waals surface area contributed by atoms with Gasteiger partial charge in [0.1, 0.15) is 0 Å². The molecule has 0 radical (unpaired) electrons. The average Bonchev–Trinajstić information content (AvgIpc) is 3.02. The number of imide groups is 1. The van der Waals surface area contributed by atoms with Gasteiger partial charge >= 0.3 is 0 Å². The maximum atomic E-state index is 12.4. The molecule has 0 unspecified atom stereocenters. The molecule has 170 valence electrons. The number of hydrogen-bond acceptors (Lipinski definition) is 4. The Bertz CT molecular complexity index is 786. The Kier molecular flexibility index (Phi) is 9.73. The summed E-state index contributed by atoms with van der Waals surface area (Å²) in [5, 5.41) is 6.07. The lowest BCUT2D eigenvalue weighted by Gasteiger charge is -2.34. The van der Waals surface area contributed by atoms with Crippen molar-refractivity contribution in [2.24, 2.45) is 10.9 Å². The van der Waals surface area contributed by atoms with Crippen LogP contribution in [0.25, 0.3) is 0 Å². The molecule has 2 heterocycles. The second-order valence-electron chi connectivity index (χ2n) is 7.80. The zero-order valence-corrected chi connectivity index (χ0v) is 20.6. The number of likely N-dealkylation sites (tertiary alicyclic amines) is 1. The molecule has 9 heteroatoms. The van der Waals surface area contributed by atoms with Crippen LogP contribution < -0.4 is 10.6 Å². The summed E-state index contributed by atoms with van der Waals surface area (Å²) in [4.78, 5) is 44.3. The van der Waals surface area contributed by atoms with Gasteiger partial charge in [-0.3, -0.25) is 24.3 Å². The van der Waals surface area contributed by atoms with E-state index in [9.17, 15) is 14.4 Å². The molecule has 2 aliphatic rings. The van der Waals surface area contributed by atoms with E-state index in [1.165, 1.54) is 4.90 Å². The lowest BCUT2D eigenvalue weighted by atomic mass is 9.93. The Morgan fingerprint density at radius 2 is 1.71 bits per heavy atom. The first-order valence-electron chi connectivity index (χ1n) is 10.7. The van der Waals surface area contributed by atoms with Crippen LogP contribution in [0.15, 0.2) is 29.3 Å². The number of fused-ring (bicyclic) bond motifs is 1. The number of nitrogens with zero attached hydrogens (tertiary/aromatic N) is 3. The smallest absolute Gasteiger partial charge is 0.261 e. The van der Waals surface area contributed by atoms with Crippen LogP contribution in [0.5, 0.6) is 0 Å². The number of hydrogen-bond donors (Lipinski definition) is 2. The Balaban J connectivity index is 0.00000341. The Hall–Kier alpha value is -2.17. The van der Waals surface area contributed by atoms with Gasteiger partial charge in [0, 0.05) is 46.7 Å². The van der Waals surface area contributed by atoms with Gasteiger partial charge in [-0.15, -0.1) is 24.0 Å². The van der Waals surface area contributed by atoms with E-state index in [1.54, 1.807) is 38.4 Å². The van der Waals surface area contributed by atoms with Gasteiger partial charge in [-0.25, -0.2) is 0 Å². The SMILES string of the molecule is CN=C(NCCCCN1C(=O)c2ccccc2C1=O)N1CCC(CC(=O)NC)CC1.I. The van der Waals surface area contributed by atoms with Crippen molar-refractivity contribution in [3.8, 4) is 0 Å². The summed E-state index contributed by atoms with van der Waals surface area (Å²) in [6.45, 7) is 2.93. The lowest BCUT2D eigenvalue weighted by Crippen LogP contribution is -2.46. The van der Waals surface area contributed by atoms with Crippen LogP contribution in [0.4, 0.5) is 0 Å². The normalized spacial score (nSPS) is 16.8. The van der Waals surface area contributed by atoms with Crippen molar-refractivity contribution in [1.29, 1.82) is 0 Å². The van der Waals surface area contributed by atoms with Crippen molar-refractivity contribution in [1.82, 2.24) is 20.4 Å². The fraction of sp³-hybridized carbons (Fsp3) is 0.545. The summed E-state index contributed by atoms with van der Waals surface area (Å²) >= 11 is 0. The van der Waals surface area contributed by atoms with Gasteiger partial charge in [0.25, 0.3) is 11.8 Å². The van der Waals surface area contributed by atoms with E-state index in [0.29, 0.717) is 30.0 Å². The number of carbonyl (C=O) groups is 3. The van der Waals surface area contributed by atoms with Gasteiger partial charge in [0.15, 0.2) is 5.96 Å². The van der Waals surface area contributed by atoms with Crippen LogP contribution >= 0.6 is 24.0 Å². The molecule has 2 N–H and O–H groups in total. The largest absolute Gasteiger partial charge is 0.359 e. The van der Waals surface area contributed by atoms with E-state index in [2.05, 4.69) is 20.5 Å². The highest BCUT2D eigenvalue weighted by Gasteiger charge is 2.34. The molecule has 0 bridgehead atoms. The predicted octanol–water partition coefficient (Wildman–Crippen LogP) is 2.10. The minimum absolute atomic E-state index is 0. The van der Waals surface area contributed by atoms with Crippen molar-refractivity contribution in [2.45, 2.75) is 32.1 Å². The van der Waals surface area contributed by atoms with Crippen LogP contribution in [0, 0.1) is 5.92 Å². The molecule has 3 amide bonds. The van der Waals surface area contributed by atoms with E-state index in [0.717, 1.165) is 51.3 Å². The maximum Gasteiger partial charge on any atom is 0.261 e. The standard InChI is InChI=1S/C22H31N5O3.HI/c1-23-19(28)15-16-9-13-26(14-10-16)22(24-2)25-11-5-6-12-27-20(29)17-7-3-4-8-18(17)21(27)30;/h3-4,7-8,16H,5-6,9-15H2,1-2H3,(H,23,28)(H,24,25);1H. The van der Waals surface area contributed by atoms with Gasteiger partial charge in [-0.05, 0) is 43.7 Å². The molecule has 1 aromatic rings. The number of amides is 3.